The molecule has 1 saturated heterocycles. The lowest BCUT2D eigenvalue weighted by Crippen LogP contribution is -2.27. The Labute approximate surface area is 102 Å². The minimum absolute atomic E-state index is 0. The molecule has 1 fully saturated rings. The lowest BCUT2D eigenvalue weighted by molar-refractivity contribution is 0.312. The number of hydrogen-bond acceptors (Lipinski definition) is 4. The minimum Gasteiger partial charge on any atom is -0.326 e. The summed E-state index contributed by atoms with van der Waals surface area (Å²) < 4.78 is 2.16. The fraction of sp³-hybridized carbons (Fsp3) is 0.800. The Morgan fingerprint density at radius 1 is 1.44 bits per heavy atom. The number of aromatic nitrogens is 3. The molecule has 0 radical (unpaired) electrons. The van der Waals surface area contributed by atoms with Gasteiger partial charge in [0.2, 0.25) is 0 Å². The van der Waals surface area contributed by atoms with Crippen LogP contribution in [0.5, 0.6) is 0 Å². The largest absolute Gasteiger partial charge is 0.326 e. The summed E-state index contributed by atoms with van der Waals surface area (Å²) in [5.74, 6) is 2.06. The molecule has 2 heterocycles. The van der Waals surface area contributed by atoms with Crippen LogP contribution < -0.4 is 5.73 Å². The van der Waals surface area contributed by atoms with Gasteiger partial charge in [0.05, 0.1) is 6.54 Å². The van der Waals surface area contributed by atoms with Crippen molar-refractivity contribution in [3.05, 3.63) is 11.6 Å². The molecule has 6 heteroatoms. The zero-order valence-corrected chi connectivity index (χ0v) is 10.7. The van der Waals surface area contributed by atoms with E-state index in [2.05, 4.69) is 26.6 Å². The van der Waals surface area contributed by atoms with Crippen LogP contribution in [0.1, 0.15) is 25.0 Å². The zero-order valence-electron chi connectivity index (χ0n) is 9.89. The van der Waals surface area contributed by atoms with Crippen molar-refractivity contribution in [3.8, 4) is 0 Å². The molecule has 16 heavy (non-hydrogen) atoms. The van der Waals surface area contributed by atoms with E-state index in [1.807, 2.05) is 6.92 Å². The SMILES string of the molecule is CCn1c(C)nnc1CN1CCC(N)C1.Cl. The van der Waals surface area contributed by atoms with E-state index in [9.17, 15) is 0 Å². The third-order valence-electron chi connectivity index (χ3n) is 3.00. The molecule has 1 atom stereocenters. The lowest BCUT2D eigenvalue weighted by atomic mass is 10.3. The number of halogens is 1. The van der Waals surface area contributed by atoms with E-state index in [1.54, 1.807) is 0 Å². The van der Waals surface area contributed by atoms with E-state index >= 15 is 0 Å². The topological polar surface area (TPSA) is 60.0 Å². The zero-order chi connectivity index (χ0) is 10.8. The molecule has 0 bridgehead atoms. The molecule has 2 N–H and O–H groups in total. The summed E-state index contributed by atoms with van der Waals surface area (Å²) in [7, 11) is 0. The number of rotatable bonds is 3. The summed E-state index contributed by atoms with van der Waals surface area (Å²) in [5.41, 5.74) is 5.87. The van der Waals surface area contributed by atoms with Gasteiger partial charge >= 0.3 is 0 Å². The van der Waals surface area contributed by atoms with Crippen LogP contribution >= 0.6 is 12.4 Å². The first kappa shape index (κ1) is 13.4. The second-order valence-electron chi connectivity index (χ2n) is 4.19. The number of nitrogens with zero attached hydrogens (tertiary/aromatic N) is 4. The van der Waals surface area contributed by atoms with Gasteiger partial charge < -0.3 is 10.3 Å². The van der Waals surface area contributed by atoms with Gasteiger partial charge in [-0.15, -0.1) is 22.6 Å². The van der Waals surface area contributed by atoms with E-state index in [4.69, 9.17) is 5.73 Å². The van der Waals surface area contributed by atoms with Gasteiger partial charge in [-0.25, -0.2) is 0 Å². The highest BCUT2D eigenvalue weighted by Gasteiger charge is 2.21. The van der Waals surface area contributed by atoms with Crippen molar-refractivity contribution in [2.45, 2.75) is 39.4 Å². The maximum atomic E-state index is 5.87. The Morgan fingerprint density at radius 3 is 2.75 bits per heavy atom. The number of nitrogens with two attached hydrogens (primary N) is 1. The summed E-state index contributed by atoms with van der Waals surface area (Å²) in [6, 6.07) is 0.337. The van der Waals surface area contributed by atoms with Crippen molar-refractivity contribution in [2.24, 2.45) is 5.73 Å². The molecule has 5 nitrogen and oxygen atoms in total. The number of aryl methyl sites for hydroxylation is 1. The van der Waals surface area contributed by atoms with Crippen LogP contribution in [0.3, 0.4) is 0 Å². The Morgan fingerprint density at radius 2 is 2.19 bits per heavy atom. The molecule has 1 aliphatic heterocycles. The molecule has 1 aliphatic rings. The highest BCUT2D eigenvalue weighted by Crippen LogP contribution is 2.11. The van der Waals surface area contributed by atoms with Gasteiger partial charge in [-0.05, 0) is 20.3 Å². The first-order valence-electron chi connectivity index (χ1n) is 5.57. The van der Waals surface area contributed by atoms with Crippen LogP contribution in [0.2, 0.25) is 0 Å². The molecule has 0 aromatic carbocycles. The average molecular weight is 246 g/mol. The maximum absolute atomic E-state index is 5.87. The van der Waals surface area contributed by atoms with Crippen LogP contribution in [0, 0.1) is 6.92 Å². The average Bonchev–Trinajstić information content (AvgIpc) is 2.75. The van der Waals surface area contributed by atoms with Gasteiger partial charge in [-0.2, -0.15) is 0 Å². The van der Waals surface area contributed by atoms with Crippen LogP contribution in [0.25, 0.3) is 0 Å². The van der Waals surface area contributed by atoms with Gasteiger partial charge in [-0.3, -0.25) is 4.90 Å². The molecule has 1 unspecified atom stereocenters. The first-order chi connectivity index (χ1) is 7.20. The van der Waals surface area contributed by atoms with Gasteiger partial charge in [-0.1, -0.05) is 0 Å². The summed E-state index contributed by atoms with van der Waals surface area (Å²) in [6.07, 6.45) is 1.10. The molecule has 0 aliphatic carbocycles. The van der Waals surface area contributed by atoms with E-state index in [0.717, 1.165) is 44.2 Å². The fourth-order valence-corrected chi connectivity index (χ4v) is 2.16. The van der Waals surface area contributed by atoms with E-state index in [-0.39, 0.29) is 12.4 Å². The third-order valence-corrected chi connectivity index (χ3v) is 3.00. The van der Waals surface area contributed by atoms with E-state index in [0.29, 0.717) is 6.04 Å². The van der Waals surface area contributed by atoms with Gasteiger partial charge in [0, 0.05) is 25.7 Å². The van der Waals surface area contributed by atoms with Gasteiger partial charge in [0.25, 0.3) is 0 Å². The van der Waals surface area contributed by atoms with Crippen LogP contribution in [0.15, 0.2) is 0 Å². The lowest BCUT2D eigenvalue weighted by Gasteiger charge is -2.14. The minimum atomic E-state index is 0. The van der Waals surface area contributed by atoms with E-state index < -0.39 is 0 Å². The number of hydrogen-bond donors (Lipinski definition) is 1. The highest BCUT2D eigenvalue weighted by atomic mass is 35.5. The Hall–Kier alpha value is -0.650. The Balaban J connectivity index is 0.00000128. The second-order valence-corrected chi connectivity index (χ2v) is 4.19. The van der Waals surface area contributed by atoms with E-state index in [1.165, 1.54) is 0 Å². The molecule has 92 valence electrons. The Bertz CT molecular complexity index is 338. The van der Waals surface area contributed by atoms with Crippen molar-refractivity contribution in [3.63, 3.8) is 0 Å². The molecule has 2 rings (SSSR count). The van der Waals surface area contributed by atoms with Crippen molar-refractivity contribution >= 4 is 12.4 Å². The maximum Gasteiger partial charge on any atom is 0.147 e. The van der Waals surface area contributed by atoms with Crippen LogP contribution in [-0.2, 0) is 13.1 Å². The number of likely N-dealkylation sites (tertiary alicyclic amines) is 1. The standard InChI is InChI=1S/C10H19N5.ClH/c1-3-15-8(2)12-13-10(15)7-14-5-4-9(11)6-14;/h9H,3-7,11H2,1-2H3;1H. The molecule has 1 aromatic heterocycles. The van der Waals surface area contributed by atoms with Crippen molar-refractivity contribution in [2.75, 3.05) is 13.1 Å². The molecular formula is C10H20ClN5. The van der Waals surface area contributed by atoms with Gasteiger partial charge in [0.1, 0.15) is 11.6 Å². The van der Waals surface area contributed by atoms with Crippen molar-refractivity contribution in [1.82, 2.24) is 19.7 Å². The normalized spacial score (nSPS) is 21.1. The predicted octanol–water partition coefficient (Wildman–Crippen LogP) is 0.561. The monoisotopic (exact) mass is 245 g/mol. The molecule has 0 saturated carbocycles. The summed E-state index contributed by atoms with van der Waals surface area (Å²) in [4.78, 5) is 2.35. The highest BCUT2D eigenvalue weighted by molar-refractivity contribution is 5.85. The van der Waals surface area contributed by atoms with Crippen LogP contribution in [0.4, 0.5) is 0 Å². The summed E-state index contributed by atoms with van der Waals surface area (Å²) >= 11 is 0. The predicted molar refractivity (Wildman–Crippen MR) is 65.6 cm³/mol. The second kappa shape index (κ2) is 5.61. The molecule has 0 spiro atoms. The fourth-order valence-electron chi connectivity index (χ4n) is 2.16. The molecule has 0 amide bonds. The Kier molecular flexibility index (Phi) is 4.70. The van der Waals surface area contributed by atoms with Crippen LogP contribution in [-0.4, -0.2) is 38.8 Å². The quantitative estimate of drug-likeness (QED) is 0.846. The molecular weight excluding hydrogens is 226 g/mol. The summed E-state index contributed by atoms with van der Waals surface area (Å²) in [5, 5.41) is 8.31. The summed E-state index contributed by atoms with van der Waals surface area (Å²) in [6.45, 7) is 7.99. The third kappa shape index (κ3) is 2.72. The smallest absolute Gasteiger partial charge is 0.147 e. The first-order valence-corrected chi connectivity index (χ1v) is 5.57. The molecule has 1 aromatic rings. The van der Waals surface area contributed by atoms with Crippen molar-refractivity contribution < 1.29 is 0 Å². The van der Waals surface area contributed by atoms with Crippen molar-refractivity contribution in [1.29, 1.82) is 0 Å². The van der Waals surface area contributed by atoms with Gasteiger partial charge in [0.15, 0.2) is 0 Å².